The summed E-state index contributed by atoms with van der Waals surface area (Å²) in [5.74, 6) is -0.501. The highest BCUT2D eigenvalue weighted by Crippen LogP contribution is 2.12. The van der Waals surface area contributed by atoms with Crippen molar-refractivity contribution in [2.24, 2.45) is 10.7 Å². The number of cyclic esters (lactones) is 1. The molecule has 1 rings (SSSR count). The highest BCUT2D eigenvalue weighted by molar-refractivity contribution is 5.93. The number of carbonyl (C=O) groups excluding carboxylic acids is 2. The molecule has 0 saturated carbocycles. The van der Waals surface area contributed by atoms with Crippen LogP contribution in [0.25, 0.3) is 0 Å². The molecule has 1 aliphatic rings. The standard InChI is InChI=1S/C16H29N3O3/c1-13-10-8-6-4-3-5-7-9-11-14(20)18-16(17)19(2)12-15(21)22-13/h13H,3-12H2,1-2H3,(H2,17,18,20)/t13-/m1/s1. The summed E-state index contributed by atoms with van der Waals surface area (Å²) in [4.78, 5) is 28.8. The van der Waals surface area contributed by atoms with Gasteiger partial charge in [-0.25, -0.2) is 0 Å². The fourth-order valence-electron chi connectivity index (χ4n) is 2.46. The number of carbonyl (C=O) groups is 2. The molecule has 0 unspecified atom stereocenters. The van der Waals surface area contributed by atoms with Gasteiger partial charge in [-0.3, -0.25) is 9.59 Å². The molecule has 0 aromatic heterocycles. The third kappa shape index (κ3) is 8.00. The van der Waals surface area contributed by atoms with E-state index >= 15 is 0 Å². The minimum Gasteiger partial charge on any atom is -0.461 e. The normalized spacial score (nSPS) is 24.4. The molecular weight excluding hydrogens is 282 g/mol. The molecule has 0 aliphatic carbocycles. The summed E-state index contributed by atoms with van der Waals surface area (Å²) in [5, 5.41) is 0. The van der Waals surface area contributed by atoms with E-state index < -0.39 is 0 Å². The maximum Gasteiger partial charge on any atom is 0.325 e. The van der Waals surface area contributed by atoms with Gasteiger partial charge < -0.3 is 15.4 Å². The van der Waals surface area contributed by atoms with Gasteiger partial charge >= 0.3 is 5.97 Å². The molecule has 6 heteroatoms. The molecule has 0 radical (unpaired) electrons. The summed E-state index contributed by atoms with van der Waals surface area (Å²) in [5.41, 5.74) is 5.74. The molecule has 126 valence electrons. The molecule has 0 saturated heterocycles. The van der Waals surface area contributed by atoms with Crippen LogP contribution in [0.5, 0.6) is 0 Å². The molecule has 0 aromatic carbocycles. The molecule has 1 amide bonds. The molecule has 0 aromatic rings. The molecule has 1 aliphatic heterocycles. The highest BCUT2D eigenvalue weighted by atomic mass is 16.5. The van der Waals surface area contributed by atoms with Gasteiger partial charge in [0.2, 0.25) is 5.91 Å². The summed E-state index contributed by atoms with van der Waals surface area (Å²) in [6.45, 7) is 1.92. The van der Waals surface area contributed by atoms with E-state index in [2.05, 4.69) is 4.99 Å². The van der Waals surface area contributed by atoms with Crippen LogP contribution < -0.4 is 5.73 Å². The zero-order valence-electron chi connectivity index (χ0n) is 13.8. The highest BCUT2D eigenvalue weighted by Gasteiger charge is 2.14. The van der Waals surface area contributed by atoms with Crippen LogP contribution in [0.15, 0.2) is 4.99 Å². The largest absolute Gasteiger partial charge is 0.461 e. The Morgan fingerprint density at radius 2 is 1.68 bits per heavy atom. The molecule has 22 heavy (non-hydrogen) atoms. The second-order valence-electron chi connectivity index (χ2n) is 6.03. The fraction of sp³-hybridized carbons (Fsp3) is 0.812. The molecular formula is C16H29N3O3. The first-order chi connectivity index (χ1) is 10.5. The Morgan fingerprint density at radius 3 is 2.36 bits per heavy atom. The Bertz CT molecular complexity index is 396. The molecule has 0 fully saturated rings. The third-order valence-electron chi connectivity index (χ3n) is 3.83. The predicted octanol–water partition coefficient (Wildman–Crippen LogP) is 2.22. The van der Waals surface area contributed by atoms with E-state index in [1.165, 1.54) is 17.7 Å². The van der Waals surface area contributed by atoms with Gasteiger partial charge in [0.15, 0.2) is 5.96 Å². The molecule has 1 atom stereocenters. The third-order valence-corrected chi connectivity index (χ3v) is 3.83. The summed E-state index contributed by atoms with van der Waals surface area (Å²) < 4.78 is 5.35. The van der Waals surface area contributed by atoms with Crippen LogP contribution in [-0.4, -0.2) is 42.4 Å². The summed E-state index contributed by atoms with van der Waals surface area (Å²) >= 11 is 0. The fourth-order valence-corrected chi connectivity index (χ4v) is 2.46. The van der Waals surface area contributed by atoms with Gasteiger partial charge in [-0.1, -0.05) is 32.1 Å². The molecule has 6 nitrogen and oxygen atoms in total. The molecule has 0 spiro atoms. The van der Waals surface area contributed by atoms with Crippen LogP contribution in [0.2, 0.25) is 0 Å². The summed E-state index contributed by atoms with van der Waals surface area (Å²) in [7, 11) is 1.63. The van der Waals surface area contributed by atoms with E-state index in [0.717, 1.165) is 38.5 Å². The van der Waals surface area contributed by atoms with Gasteiger partial charge in [0.25, 0.3) is 0 Å². The van der Waals surface area contributed by atoms with Gasteiger partial charge in [-0.15, -0.1) is 0 Å². The lowest BCUT2D eigenvalue weighted by Crippen LogP contribution is -2.39. The Kier molecular flexibility index (Phi) is 8.55. The van der Waals surface area contributed by atoms with E-state index in [9.17, 15) is 9.59 Å². The van der Waals surface area contributed by atoms with Crippen molar-refractivity contribution < 1.29 is 14.3 Å². The average molecular weight is 311 g/mol. The minimum absolute atomic E-state index is 0.00690. The Labute approximate surface area is 133 Å². The van der Waals surface area contributed by atoms with Crippen molar-refractivity contribution in [1.82, 2.24) is 4.90 Å². The lowest BCUT2D eigenvalue weighted by atomic mass is 10.1. The lowest BCUT2D eigenvalue weighted by Gasteiger charge is -2.19. The molecule has 0 bridgehead atoms. The topological polar surface area (TPSA) is 85.0 Å². The van der Waals surface area contributed by atoms with Crippen LogP contribution in [0.1, 0.15) is 64.7 Å². The van der Waals surface area contributed by atoms with Crippen LogP contribution in [0.3, 0.4) is 0 Å². The van der Waals surface area contributed by atoms with Gasteiger partial charge in [-0.05, 0) is 26.2 Å². The number of nitrogens with two attached hydrogens (primary N) is 1. The zero-order chi connectivity index (χ0) is 16.4. The van der Waals surface area contributed by atoms with Gasteiger partial charge in [-0.2, -0.15) is 4.99 Å². The number of hydrogen-bond donors (Lipinski definition) is 1. The summed E-state index contributed by atoms with van der Waals surface area (Å²) in [6.07, 6.45) is 8.89. The molecule has 2 N–H and O–H groups in total. The minimum atomic E-state index is -0.343. The lowest BCUT2D eigenvalue weighted by molar-refractivity contribution is -0.148. The maximum absolute atomic E-state index is 11.8. The van der Waals surface area contributed by atoms with E-state index in [0.29, 0.717) is 6.42 Å². The molecule has 1 heterocycles. The SMILES string of the molecule is C[C@@H]1CCCCCCCCCC(=O)N=C(N)N(C)CC(=O)O1. The van der Waals surface area contributed by atoms with Gasteiger partial charge in [0.1, 0.15) is 6.54 Å². The van der Waals surface area contributed by atoms with Gasteiger partial charge in [0.05, 0.1) is 6.10 Å². The predicted molar refractivity (Wildman–Crippen MR) is 86.4 cm³/mol. The van der Waals surface area contributed by atoms with E-state index in [1.807, 2.05) is 6.92 Å². The number of guanidine groups is 1. The van der Waals surface area contributed by atoms with Crippen LogP contribution in [0, 0.1) is 0 Å². The van der Waals surface area contributed by atoms with Crippen molar-refractivity contribution in [3.05, 3.63) is 0 Å². The number of likely N-dealkylation sites (N-methyl/N-ethyl adjacent to an activating group) is 1. The van der Waals surface area contributed by atoms with Crippen molar-refractivity contribution in [3.63, 3.8) is 0 Å². The first-order valence-corrected chi connectivity index (χ1v) is 8.26. The quantitative estimate of drug-likeness (QED) is 0.693. The number of ether oxygens (including phenoxy) is 1. The number of nitrogens with zero attached hydrogens (tertiary/aromatic N) is 2. The van der Waals surface area contributed by atoms with E-state index in [1.54, 1.807) is 7.05 Å². The van der Waals surface area contributed by atoms with Crippen molar-refractivity contribution in [2.45, 2.75) is 70.8 Å². The number of esters is 1. The van der Waals surface area contributed by atoms with Crippen molar-refractivity contribution in [3.8, 4) is 0 Å². The van der Waals surface area contributed by atoms with E-state index in [-0.39, 0.29) is 30.5 Å². The number of amides is 1. The second-order valence-corrected chi connectivity index (χ2v) is 6.03. The van der Waals surface area contributed by atoms with Crippen molar-refractivity contribution in [1.29, 1.82) is 0 Å². The Balaban J connectivity index is 2.59. The average Bonchev–Trinajstić information content (AvgIpc) is 2.44. The number of rotatable bonds is 0. The maximum atomic E-state index is 11.8. The first kappa shape index (κ1) is 18.5. The Morgan fingerprint density at radius 1 is 1.09 bits per heavy atom. The van der Waals surface area contributed by atoms with Gasteiger partial charge in [0, 0.05) is 13.5 Å². The monoisotopic (exact) mass is 311 g/mol. The van der Waals surface area contributed by atoms with Crippen molar-refractivity contribution in [2.75, 3.05) is 13.6 Å². The first-order valence-electron chi connectivity index (χ1n) is 8.26. The van der Waals surface area contributed by atoms with E-state index in [4.69, 9.17) is 10.5 Å². The van der Waals surface area contributed by atoms with Crippen LogP contribution in [0.4, 0.5) is 0 Å². The van der Waals surface area contributed by atoms with Crippen molar-refractivity contribution >= 4 is 17.8 Å². The smallest absolute Gasteiger partial charge is 0.325 e. The second kappa shape index (κ2) is 10.2. The number of hydrogen-bond acceptors (Lipinski definition) is 5. The Hall–Kier alpha value is -1.59. The van der Waals surface area contributed by atoms with Crippen LogP contribution in [-0.2, 0) is 14.3 Å². The number of aliphatic imine (C=N–C) groups is 1. The zero-order valence-corrected chi connectivity index (χ0v) is 13.8. The van der Waals surface area contributed by atoms with Crippen LogP contribution >= 0.6 is 0 Å². The summed E-state index contributed by atoms with van der Waals surface area (Å²) in [6, 6.07) is 0.